The van der Waals surface area contributed by atoms with Crippen molar-refractivity contribution < 1.29 is 18.4 Å². The smallest absolute Gasteiger partial charge is 0.265 e. The van der Waals surface area contributed by atoms with Crippen molar-refractivity contribution in [3.05, 3.63) is 59.7 Å². The molecule has 8 heteroatoms. The second kappa shape index (κ2) is 9.83. The summed E-state index contributed by atoms with van der Waals surface area (Å²) in [6, 6.07) is 12.8. The van der Waals surface area contributed by atoms with Gasteiger partial charge in [-0.25, -0.2) is 4.39 Å². The van der Waals surface area contributed by atoms with Gasteiger partial charge in [0.1, 0.15) is 11.6 Å². The van der Waals surface area contributed by atoms with Crippen molar-refractivity contribution in [3.8, 4) is 17.1 Å². The molecule has 1 aromatic heterocycles. The van der Waals surface area contributed by atoms with Crippen LogP contribution in [-0.2, 0) is 11.2 Å². The van der Waals surface area contributed by atoms with Crippen LogP contribution in [0.4, 0.5) is 10.1 Å². The van der Waals surface area contributed by atoms with Crippen molar-refractivity contribution in [1.82, 2.24) is 15.0 Å². The van der Waals surface area contributed by atoms with Crippen molar-refractivity contribution in [3.63, 3.8) is 0 Å². The molecule has 0 bridgehead atoms. The van der Waals surface area contributed by atoms with Gasteiger partial charge in [-0.1, -0.05) is 29.4 Å². The Kier molecular flexibility index (Phi) is 6.47. The molecule has 0 saturated carbocycles. The van der Waals surface area contributed by atoms with E-state index >= 15 is 0 Å². The second-order valence-corrected chi connectivity index (χ2v) is 8.99. The Labute approximate surface area is 198 Å². The van der Waals surface area contributed by atoms with Crippen LogP contribution in [0.15, 0.2) is 47.0 Å². The second-order valence-electron chi connectivity index (χ2n) is 8.99. The molecular formula is C26H29FN4O3. The molecule has 5 rings (SSSR count). The summed E-state index contributed by atoms with van der Waals surface area (Å²) in [6.07, 6.45) is 4.15. The van der Waals surface area contributed by atoms with Gasteiger partial charge < -0.3 is 19.1 Å². The normalized spacial score (nSPS) is 17.9. The molecule has 7 nitrogen and oxygen atoms in total. The van der Waals surface area contributed by atoms with Crippen LogP contribution >= 0.6 is 0 Å². The van der Waals surface area contributed by atoms with Crippen LogP contribution in [0.3, 0.4) is 0 Å². The number of nitrogens with zero attached hydrogens (tertiary/aromatic N) is 4. The van der Waals surface area contributed by atoms with Gasteiger partial charge in [-0.05, 0) is 56.4 Å². The summed E-state index contributed by atoms with van der Waals surface area (Å²) in [5.74, 6) is 1.43. The molecule has 178 valence electrons. The van der Waals surface area contributed by atoms with Crippen molar-refractivity contribution in [2.24, 2.45) is 0 Å². The predicted octanol–water partition coefficient (Wildman–Crippen LogP) is 4.40. The van der Waals surface area contributed by atoms with Crippen molar-refractivity contribution >= 4 is 11.6 Å². The molecule has 1 amide bonds. The highest BCUT2D eigenvalue weighted by Crippen LogP contribution is 2.34. The molecule has 3 heterocycles. The van der Waals surface area contributed by atoms with Gasteiger partial charge in [0.2, 0.25) is 11.7 Å². The standard InChI is InChI=1S/C26H29FN4O3/c1-18-11-12-19(16-20(18)27)25-28-24(34-29-25)10-7-15-31-17-23(26(32)30-13-5-2-6-14-30)33-22-9-4-3-8-21(22)31/h3-4,8-9,11-12,16,23H,2,5-7,10,13-15,17H2,1H3. The van der Waals surface area contributed by atoms with Crippen LogP contribution < -0.4 is 9.64 Å². The number of carbonyl (C=O) groups is 1. The third kappa shape index (κ3) is 4.76. The highest BCUT2D eigenvalue weighted by atomic mass is 19.1. The lowest BCUT2D eigenvalue weighted by atomic mass is 10.1. The highest BCUT2D eigenvalue weighted by Gasteiger charge is 2.33. The van der Waals surface area contributed by atoms with Gasteiger partial charge in [0, 0.05) is 31.6 Å². The number of para-hydroxylation sites is 2. The molecule has 1 saturated heterocycles. The molecule has 2 aliphatic heterocycles. The summed E-state index contributed by atoms with van der Waals surface area (Å²) in [6.45, 7) is 4.58. The number of ether oxygens (including phenoxy) is 1. The first-order valence-corrected chi connectivity index (χ1v) is 12.0. The van der Waals surface area contributed by atoms with E-state index in [1.807, 2.05) is 29.2 Å². The van der Waals surface area contributed by atoms with E-state index in [1.165, 1.54) is 12.5 Å². The topological polar surface area (TPSA) is 71.7 Å². The maximum atomic E-state index is 13.9. The van der Waals surface area contributed by atoms with Gasteiger partial charge in [-0.15, -0.1) is 0 Å². The lowest BCUT2D eigenvalue weighted by Crippen LogP contribution is -2.51. The van der Waals surface area contributed by atoms with E-state index in [-0.39, 0.29) is 11.7 Å². The first-order valence-electron chi connectivity index (χ1n) is 12.0. The summed E-state index contributed by atoms with van der Waals surface area (Å²) in [5, 5.41) is 4.01. The van der Waals surface area contributed by atoms with Crippen LogP contribution in [-0.4, -0.2) is 53.2 Å². The maximum Gasteiger partial charge on any atom is 0.265 e. The quantitative estimate of drug-likeness (QED) is 0.539. The Bertz CT molecular complexity index is 1160. The number of benzene rings is 2. The van der Waals surface area contributed by atoms with Crippen molar-refractivity contribution in [2.45, 2.75) is 45.1 Å². The monoisotopic (exact) mass is 464 g/mol. The number of likely N-dealkylation sites (tertiary alicyclic amines) is 1. The van der Waals surface area contributed by atoms with Gasteiger partial charge in [0.05, 0.1) is 12.2 Å². The minimum absolute atomic E-state index is 0.0751. The summed E-state index contributed by atoms with van der Waals surface area (Å²) in [4.78, 5) is 21.7. The molecule has 3 aromatic rings. The fourth-order valence-electron chi connectivity index (χ4n) is 4.59. The van der Waals surface area contributed by atoms with E-state index in [0.717, 1.165) is 50.3 Å². The number of rotatable bonds is 6. The fraction of sp³-hybridized carbons (Fsp3) is 0.423. The van der Waals surface area contributed by atoms with Crippen molar-refractivity contribution in [2.75, 3.05) is 31.1 Å². The average molecular weight is 465 g/mol. The third-order valence-electron chi connectivity index (χ3n) is 6.52. The Balaban J connectivity index is 1.23. The number of hydrogen-bond acceptors (Lipinski definition) is 6. The number of aryl methyl sites for hydroxylation is 2. The molecule has 0 radical (unpaired) electrons. The lowest BCUT2D eigenvalue weighted by molar-refractivity contribution is -0.139. The molecule has 0 N–H and O–H groups in total. The zero-order valence-electron chi connectivity index (χ0n) is 19.4. The summed E-state index contributed by atoms with van der Waals surface area (Å²) < 4.78 is 25.4. The number of aromatic nitrogens is 2. The molecule has 0 aliphatic carbocycles. The van der Waals surface area contributed by atoms with Gasteiger partial charge in [-0.2, -0.15) is 4.98 Å². The number of amides is 1. The molecule has 2 aliphatic rings. The highest BCUT2D eigenvalue weighted by molar-refractivity contribution is 5.83. The molecule has 34 heavy (non-hydrogen) atoms. The minimum atomic E-state index is -0.501. The molecule has 0 spiro atoms. The maximum absolute atomic E-state index is 13.9. The summed E-state index contributed by atoms with van der Waals surface area (Å²) >= 11 is 0. The molecule has 2 aromatic carbocycles. The average Bonchev–Trinajstić information content (AvgIpc) is 3.34. The van der Waals surface area contributed by atoms with Crippen LogP contribution in [0.2, 0.25) is 0 Å². The lowest BCUT2D eigenvalue weighted by Gasteiger charge is -2.38. The first-order chi connectivity index (χ1) is 16.6. The van der Waals surface area contributed by atoms with Gasteiger partial charge in [-0.3, -0.25) is 4.79 Å². The number of halogens is 1. The third-order valence-corrected chi connectivity index (χ3v) is 6.52. The number of hydrogen-bond donors (Lipinski definition) is 0. The van der Waals surface area contributed by atoms with Crippen LogP contribution in [0.5, 0.6) is 5.75 Å². The van der Waals surface area contributed by atoms with E-state index < -0.39 is 6.10 Å². The van der Waals surface area contributed by atoms with E-state index in [1.54, 1.807) is 19.1 Å². The van der Waals surface area contributed by atoms with Crippen LogP contribution in [0, 0.1) is 12.7 Å². The Morgan fingerprint density at radius 1 is 1.15 bits per heavy atom. The van der Waals surface area contributed by atoms with Gasteiger partial charge in [0.15, 0.2) is 6.10 Å². The number of anilines is 1. The van der Waals surface area contributed by atoms with Crippen LogP contribution in [0.1, 0.15) is 37.1 Å². The zero-order valence-corrected chi connectivity index (χ0v) is 19.4. The minimum Gasteiger partial charge on any atom is -0.477 e. The molecular weight excluding hydrogens is 435 g/mol. The number of fused-ring (bicyclic) bond motifs is 1. The van der Waals surface area contributed by atoms with Gasteiger partial charge in [0.25, 0.3) is 5.91 Å². The molecule has 1 unspecified atom stereocenters. The zero-order chi connectivity index (χ0) is 23.5. The first kappa shape index (κ1) is 22.4. The molecule has 1 atom stereocenters. The molecule has 1 fully saturated rings. The number of carbonyl (C=O) groups excluding carboxylic acids is 1. The number of piperidine rings is 1. The van der Waals surface area contributed by atoms with E-state index in [2.05, 4.69) is 15.0 Å². The van der Waals surface area contributed by atoms with E-state index in [9.17, 15) is 9.18 Å². The Hall–Kier alpha value is -3.42. The largest absolute Gasteiger partial charge is 0.477 e. The SMILES string of the molecule is Cc1ccc(-c2noc(CCCN3CC(C(=O)N4CCCCC4)Oc4ccccc43)n2)cc1F. The fourth-order valence-corrected chi connectivity index (χ4v) is 4.59. The van der Waals surface area contributed by atoms with Crippen LogP contribution in [0.25, 0.3) is 11.4 Å². The Morgan fingerprint density at radius 3 is 2.79 bits per heavy atom. The van der Waals surface area contributed by atoms with E-state index in [0.29, 0.717) is 35.8 Å². The van der Waals surface area contributed by atoms with E-state index in [4.69, 9.17) is 9.26 Å². The summed E-state index contributed by atoms with van der Waals surface area (Å²) in [5.41, 5.74) is 2.17. The summed E-state index contributed by atoms with van der Waals surface area (Å²) in [7, 11) is 0. The van der Waals surface area contributed by atoms with Gasteiger partial charge >= 0.3 is 0 Å². The Morgan fingerprint density at radius 2 is 1.97 bits per heavy atom. The van der Waals surface area contributed by atoms with Crippen molar-refractivity contribution in [1.29, 1.82) is 0 Å². The predicted molar refractivity (Wildman–Crippen MR) is 126 cm³/mol.